The molecule has 0 aromatic heterocycles. The molecule has 1 saturated heterocycles. The number of carbonyl (C=O) groups excluding carboxylic acids is 1. The van der Waals surface area contributed by atoms with E-state index in [-0.39, 0.29) is 11.9 Å². The van der Waals surface area contributed by atoms with Gasteiger partial charge in [-0.25, -0.2) is 0 Å². The van der Waals surface area contributed by atoms with E-state index in [1.165, 1.54) is 12.8 Å². The highest BCUT2D eigenvalue weighted by Gasteiger charge is 2.20. The highest BCUT2D eigenvalue weighted by Crippen LogP contribution is 2.23. The van der Waals surface area contributed by atoms with Crippen molar-refractivity contribution >= 4 is 16.7 Å². The van der Waals surface area contributed by atoms with Gasteiger partial charge in [0, 0.05) is 35.4 Å². The molecule has 1 amide bonds. The zero-order valence-electron chi connectivity index (χ0n) is 14.4. The van der Waals surface area contributed by atoms with Crippen LogP contribution in [0.4, 0.5) is 0 Å². The third kappa shape index (κ3) is 5.15. The van der Waals surface area contributed by atoms with Gasteiger partial charge in [0.1, 0.15) is 0 Å². The molecule has 1 aliphatic heterocycles. The van der Waals surface area contributed by atoms with Crippen LogP contribution in [0, 0.1) is 5.92 Å². The molecule has 0 bridgehead atoms. The zero-order chi connectivity index (χ0) is 16.8. The van der Waals surface area contributed by atoms with E-state index in [0.717, 1.165) is 30.0 Å². The lowest BCUT2D eigenvalue weighted by atomic mass is 9.93. The van der Waals surface area contributed by atoms with Gasteiger partial charge in [0.2, 0.25) is 5.91 Å². The monoisotopic (exact) mass is 336 g/mol. The number of nitrogens with zero attached hydrogens (tertiary/aromatic N) is 1. The Bertz CT molecular complexity index is 538. The smallest absolute Gasteiger partial charge is 0.222 e. The van der Waals surface area contributed by atoms with Crippen LogP contribution < -0.4 is 5.32 Å². The molecule has 2 rings (SSSR count). The summed E-state index contributed by atoms with van der Waals surface area (Å²) in [7, 11) is 0.915. The number of hydrogen-bond donors (Lipinski definition) is 1. The van der Waals surface area contributed by atoms with Crippen molar-refractivity contribution in [3.05, 3.63) is 29.8 Å². The summed E-state index contributed by atoms with van der Waals surface area (Å²) in [4.78, 5) is 15.1. The van der Waals surface area contributed by atoms with Crippen LogP contribution in [-0.4, -0.2) is 41.4 Å². The predicted octanol–water partition coefficient (Wildman–Crippen LogP) is 2.72. The molecular formula is C18H28N2O2S. The summed E-state index contributed by atoms with van der Waals surface area (Å²) in [5.41, 5.74) is 1.08. The molecule has 2 atom stereocenters. The van der Waals surface area contributed by atoms with Gasteiger partial charge < -0.3 is 10.2 Å². The van der Waals surface area contributed by atoms with Crippen molar-refractivity contribution in [2.24, 2.45) is 5.92 Å². The SMILES string of the molecule is CC(c1ccc(S(C)=O)cc1)N(C)C(=O)CCC1CCNCC1. The lowest BCUT2D eigenvalue weighted by Gasteiger charge is -2.27. The van der Waals surface area contributed by atoms with Gasteiger partial charge in [0.25, 0.3) is 0 Å². The Hall–Kier alpha value is -1.20. The summed E-state index contributed by atoms with van der Waals surface area (Å²) in [5.74, 6) is 0.891. The van der Waals surface area contributed by atoms with E-state index in [1.807, 2.05) is 43.1 Å². The number of nitrogens with one attached hydrogen (secondary N) is 1. The first-order valence-electron chi connectivity index (χ1n) is 8.38. The Morgan fingerprint density at radius 1 is 1.30 bits per heavy atom. The maximum absolute atomic E-state index is 12.4. The van der Waals surface area contributed by atoms with E-state index in [1.54, 1.807) is 6.26 Å². The molecule has 23 heavy (non-hydrogen) atoms. The van der Waals surface area contributed by atoms with Crippen LogP contribution in [0.2, 0.25) is 0 Å². The predicted molar refractivity (Wildman–Crippen MR) is 94.8 cm³/mol. The lowest BCUT2D eigenvalue weighted by Crippen LogP contribution is -2.31. The minimum atomic E-state index is -0.962. The number of rotatable bonds is 6. The van der Waals surface area contributed by atoms with Crippen LogP contribution in [0.15, 0.2) is 29.2 Å². The topological polar surface area (TPSA) is 49.4 Å². The maximum atomic E-state index is 12.4. The zero-order valence-corrected chi connectivity index (χ0v) is 15.2. The highest BCUT2D eigenvalue weighted by atomic mass is 32.2. The van der Waals surface area contributed by atoms with Crippen molar-refractivity contribution in [3.63, 3.8) is 0 Å². The van der Waals surface area contributed by atoms with Crippen molar-refractivity contribution in [3.8, 4) is 0 Å². The first-order valence-corrected chi connectivity index (χ1v) is 9.94. The van der Waals surface area contributed by atoms with Gasteiger partial charge in [-0.2, -0.15) is 0 Å². The molecule has 4 nitrogen and oxygen atoms in total. The second-order valence-electron chi connectivity index (χ2n) is 6.44. The van der Waals surface area contributed by atoms with Crippen LogP contribution in [0.3, 0.4) is 0 Å². The number of amides is 1. The van der Waals surface area contributed by atoms with Gasteiger partial charge in [-0.15, -0.1) is 0 Å². The Morgan fingerprint density at radius 2 is 1.91 bits per heavy atom. The van der Waals surface area contributed by atoms with Crippen LogP contribution in [-0.2, 0) is 15.6 Å². The van der Waals surface area contributed by atoms with Crippen LogP contribution in [0.5, 0.6) is 0 Å². The van der Waals surface area contributed by atoms with Gasteiger partial charge in [-0.1, -0.05) is 12.1 Å². The average molecular weight is 337 g/mol. The van der Waals surface area contributed by atoms with Gasteiger partial charge in [-0.05, 0) is 62.9 Å². The molecule has 1 aromatic rings. The molecule has 1 fully saturated rings. The largest absolute Gasteiger partial charge is 0.339 e. The van der Waals surface area contributed by atoms with Crippen LogP contribution in [0.25, 0.3) is 0 Å². The molecule has 0 saturated carbocycles. The van der Waals surface area contributed by atoms with E-state index in [2.05, 4.69) is 5.32 Å². The molecule has 1 aromatic carbocycles. The van der Waals surface area contributed by atoms with E-state index in [9.17, 15) is 9.00 Å². The Morgan fingerprint density at radius 3 is 2.48 bits per heavy atom. The third-order valence-corrected chi connectivity index (χ3v) is 5.83. The Kier molecular flexibility index (Phi) is 6.78. The quantitative estimate of drug-likeness (QED) is 0.869. The van der Waals surface area contributed by atoms with E-state index >= 15 is 0 Å². The van der Waals surface area contributed by atoms with Gasteiger partial charge >= 0.3 is 0 Å². The second-order valence-corrected chi connectivity index (χ2v) is 7.82. The molecule has 1 N–H and O–H groups in total. The van der Waals surface area contributed by atoms with Crippen molar-refractivity contribution in [1.29, 1.82) is 0 Å². The van der Waals surface area contributed by atoms with E-state index < -0.39 is 10.8 Å². The summed E-state index contributed by atoms with van der Waals surface area (Å²) in [5, 5.41) is 3.36. The standard InChI is InChI=1S/C18H28N2O2S/c1-14(16-5-7-17(8-6-16)23(3)22)20(2)18(21)9-4-15-10-12-19-13-11-15/h5-8,14-15,19H,4,9-13H2,1-3H3. The molecule has 1 heterocycles. The molecule has 1 aliphatic rings. The van der Waals surface area contributed by atoms with Gasteiger partial charge in [0.15, 0.2) is 0 Å². The molecule has 0 radical (unpaired) electrons. The van der Waals surface area contributed by atoms with Crippen molar-refractivity contribution in [2.75, 3.05) is 26.4 Å². The van der Waals surface area contributed by atoms with E-state index in [4.69, 9.17) is 0 Å². The molecule has 2 unspecified atom stereocenters. The minimum Gasteiger partial charge on any atom is -0.339 e. The summed E-state index contributed by atoms with van der Waals surface area (Å²) >= 11 is 0. The molecule has 5 heteroatoms. The minimum absolute atomic E-state index is 0.0369. The van der Waals surface area contributed by atoms with Crippen molar-refractivity contribution in [1.82, 2.24) is 10.2 Å². The molecular weight excluding hydrogens is 308 g/mol. The molecule has 128 valence electrons. The van der Waals surface area contributed by atoms with E-state index in [0.29, 0.717) is 12.3 Å². The Balaban J connectivity index is 1.88. The van der Waals surface area contributed by atoms with Crippen LogP contribution in [0.1, 0.15) is 44.2 Å². The second kappa shape index (κ2) is 8.60. The van der Waals surface area contributed by atoms with Crippen LogP contribution >= 0.6 is 0 Å². The average Bonchev–Trinajstić information content (AvgIpc) is 2.59. The van der Waals surface area contributed by atoms with Crippen molar-refractivity contribution in [2.45, 2.75) is 43.5 Å². The summed E-state index contributed by atoms with van der Waals surface area (Å²) < 4.78 is 11.4. The fourth-order valence-corrected chi connectivity index (χ4v) is 3.57. The van der Waals surface area contributed by atoms with Gasteiger partial charge in [0.05, 0.1) is 6.04 Å². The molecule has 0 aliphatic carbocycles. The summed E-state index contributed by atoms with van der Waals surface area (Å²) in [6.45, 7) is 4.20. The fraction of sp³-hybridized carbons (Fsp3) is 0.611. The fourth-order valence-electron chi connectivity index (χ4n) is 3.05. The number of benzene rings is 1. The normalized spacial score (nSPS) is 18.4. The first kappa shape index (κ1) is 18.1. The molecule has 0 spiro atoms. The maximum Gasteiger partial charge on any atom is 0.222 e. The third-order valence-electron chi connectivity index (χ3n) is 4.89. The number of hydrogen-bond acceptors (Lipinski definition) is 3. The number of carbonyl (C=O) groups is 1. The van der Waals surface area contributed by atoms with Crippen molar-refractivity contribution < 1.29 is 9.00 Å². The first-order chi connectivity index (χ1) is 11.0. The summed E-state index contributed by atoms with van der Waals surface area (Å²) in [6.07, 6.45) is 5.66. The summed E-state index contributed by atoms with van der Waals surface area (Å²) in [6, 6.07) is 7.75. The number of piperidine rings is 1. The van der Waals surface area contributed by atoms with Gasteiger partial charge in [-0.3, -0.25) is 9.00 Å². The Labute approximate surface area is 142 Å². The highest BCUT2D eigenvalue weighted by molar-refractivity contribution is 7.84. The lowest BCUT2D eigenvalue weighted by molar-refractivity contribution is -0.132.